The van der Waals surface area contributed by atoms with Crippen molar-refractivity contribution in [3.05, 3.63) is 11.9 Å². The van der Waals surface area contributed by atoms with Crippen LogP contribution in [0.2, 0.25) is 0 Å². The minimum Gasteiger partial charge on any atom is -0.370 e. The summed E-state index contributed by atoms with van der Waals surface area (Å²) in [4.78, 5) is 20.4. The third-order valence-corrected chi connectivity index (χ3v) is 3.32. The summed E-state index contributed by atoms with van der Waals surface area (Å²) in [5.41, 5.74) is 0. The highest BCUT2D eigenvalue weighted by atomic mass is 16.2. The number of carbonyl (C=O) groups excluding carboxylic acids is 1. The molecule has 0 saturated heterocycles. The molecule has 3 N–H and O–H groups in total. The molecule has 0 radical (unpaired) electrons. The smallest absolute Gasteiger partial charge is 0.223 e. The van der Waals surface area contributed by atoms with Gasteiger partial charge in [-0.2, -0.15) is 0 Å². The van der Waals surface area contributed by atoms with Crippen LogP contribution in [-0.4, -0.2) is 35.5 Å². The predicted octanol–water partition coefficient (Wildman–Crippen LogP) is 1.80. The normalized spacial score (nSPS) is 13.8. The maximum Gasteiger partial charge on any atom is 0.223 e. The third-order valence-electron chi connectivity index (χ3n) is 3.32. The first kappa shape index (κ1) is 15.5. The Morgan fingerprint density at radius 1 is 1.14 bits per heavy atom. The molecule has 6 heteroatoms. The molecule has 6 nitrogen and oxygen atoms in total. The highest BCUT2D eigenvalue weighted by Crippen LogP contribution is 2.28. The first-order valence-electron chi connectivity index (χ1n) is 7.86. The van der Waals surface area contributed by atoms with E-state index in [1.807, 2.05) is 13.0 Å². The lowest BCUT2D eigenvalue weighted by atomic mass is 10.4. The fourth-order valence-corrected chi connectivity index (χ4v) is 1.96. The summed E-state index contributed by atoms with van der Waals surface area (Å²) in [6.07, 6.45) is 3.94. The van der Waals surface area contributed by atoms with E-state index in [9.17, 15) is 4.79 Å². The van der Waals surface area contributed by atoms with E-state index in [0.717, 1.165) is 49.7 Å². The molecule has 21 heavy (non-hydrogen) atoms. The fourth-order valence-electron chi connectivity index (χ4n) is 1.96. The van der Waals surface area contributed by atoms with Gasteiger partial charge in [0.15, 0.2) is 0 Å². The van der Waals surface area contributed by atoms with Crippen LogP contribution in [0.3, 0.4) is 0 Å². The molecule has 0 atom stereocenters. The van der Waals surface area contributed by atoms with E-state index in [2.05, 4.69) is 32.8 Å². The second-order valence-corrected chi connectivity index (χ2v) is 5.33. The van der Waals surface area contributed by atoms with E-state index >= 15 is 0 Å². The first-order valence-corrected chi connectivity index (χ1v) is 7.86. The van der Waals surface area contributed by atoms with E-state index in [4.69, 9.17) is 0 Å². The van der Waals surface area contributed by atoms with Crippen LogP contribution < -0.4 is 16.0 Å². The molecule has 1 aliphatic rings. The highest BCUT2D eigenvalue weighted by Gasteiger charge is 2.28. The van der Waals surface area contributed by atoms with Gasteiger partial charge < -0.3 is 16.0 Å². The van der Waals surface area contributed by atoms with Gasteiger partial charge in [-0.05, 0) is 19.3 Å². The summed E-state index contributed by atoms with van der Waals surface area (Å²) < 4.78 is 0. The molecule has 0 spiro atoms. The van der Waals surface area contributed by atoms with Crippen molar-refractivity contribution in [1.29, 1.82) is 0 Å². The molecule has 1 heterocycles. The molecule has 0 bridgehead atoms. The maximum atomic E-state index is 11.5. The van der Waals surface area contributed by atoms with Crippen LogP contribution in [-0.2, 0) is 11.2 Å². The SMILES string of the molecule is CCCNc1cc(NCCNC(=O)C2CC2)nc(CC)n1. The van der Waals surface area contributed by atoms with Crippen molar-refractivity contribution in [3.8, 4) is 0 Å². The lowest BCUT2D eigenvalue weighted by Gasteiger charge is -2.11. The number of carbonyl (C=O) groups is 1. The molecule has 1 aromatic rings. The van der Waals surface area contributed by atoms with Crippen LogP contribution in [0.4, 0.5) is 11.6 Å². The Bertz CT molecular complexity index is 473. The molecule has 0 unspecified atom stereocenters. The largest absolute Gasteiger partial charge is 0.370 e. The van der Waals surface area contributed by atoms with Crippen molar-refractivity contribution in [2.24, 2.45) is 5.92 Å². The van der Waals surface area contributed by atoms with E-state index < -0.39 is 0 Å². The summed E-state index contributed by atoms with van der Waals surface area (Å²) in [6.45, 7) is 6.36. The standard InChI is InChI=1S/C15H25N5O/c1-3-7-16-13-10-14(20-12(4-2)19-13)17-8-9-18-15(21)11-5-6-11/h10-11H,3-9H2,1-2H3,(H,18,21)(H2,16,17,19,20). The number of rotatable bonds is 9. The molecular formula is C15H25N5O. The fraction of sp³-hybridized carbons (Fsp3) is 0.667. The zero-order valence-electron chi connectivity index (χ0n) is 12.9. The number of hydrogen-bond acceptors (Lipinski definition) is 5. The van der Waals surface area contributed by atoms with Gasteiger partial charge in [-0.25, -0.2) is 9.97 Å². The summed E-state index contributed by atoms with van der Waals surface area (Å²) in [5, 5.41) is 9.46. The van der Waals surface area contributed by atoms with Crippen molar-refractivity contribution in [3.63, 3.8) is 0 Å². The number of nitrogens with one attached hydrogen (secondary N) is 3. The molecule has 2 rings (SSSR count). The van der Waals surface area contributed by atoms with Gasteiger partial charge in [-0.15, -0.1) is 0 Å². The third kappa shape index (κ3) is 5.21. The van der Waals surface area contributed by atoms with Gasteiger partial charge in [0.1, 0.15) is 17.5 Å². The second kappa shape index (κ2) is 7.81. The molecule has 0 aromatic carbocycles. The van der Waals surface area contributed by atoms with Crippen molar-refractivity contribution >= 4 is 17.5 Å². The average molecular weight is 291 g/mol. The zero-order chi connectivity index (χ0) is 15.1. The number of aryl methyl sites for hydroxylation is 1. The van der Waals surface area contributed by atoms with E-state index in [1.165, 1.54) is 0 Å². The summed E-state index contributed by atoms with van der Waals surface area (Å²) in [7, 11) is 0. The van der Waals surface area contributed by atoms with Gasteiger partial charge >= 0.3 is 0 Å². The molecular weight excluding hydrogens is 266 g/mol. The summed E-state index contributed by atoms with van der Waals surface area (Å²) in [5.74, 6) is 2.93. The first-order chi connectivity index (χ1) is 10.2. The van der Waals surface area contributed by atoms with Crippen molar-refractivity contribution in [1.82, 2.24) is 15.3 Å². The van der Waals surface area contributed by atoms with Crippen LogP contribution in [0.1, 0.15) is 38.9 Å². The minimum atomic E-state index is 0.180. The lowest BCUT2D eigenvalue weighted by molar-refractivity contribution is -0.122. The van der Waals surface area contributed by atoms with Gasteiger partial charge in [0.2, 0.25) is 5.91 Å². The highest BCUT2D eigenvalue weighted by molar-refractivity contribution is 5.80. The maximum absolute atomic E-state index is 11.5. The monoisotopic (exact) mass is 291 g/mol. The summed E-state index contributed by atoms with van der Waals surface area (Å²) >= 11 is 0. The van der Waals surface area contributed by atoms with E-state index in [1.54, 1.807) is 0 Å². The number of hydrogen-bond donors (Lipinski definition) is 3. The van der Waals surface area contributed by atoms with E-state index in [-0.39, 0.29) is 11.8 Å². The van der Waals surface area contributed by atoms with Crippen LogP contribution >= 0.6 is 0 Å². The van der Waals surface area contributed by atoms with Gasteiger partial charge in [0, 0.05) is 38.0 Å². The van der Waals surface area contributed by atoms with Gasteiger partial charge in [0.25, 0.3) is 0 Å². The molecule has 1 fully saturated rings. The van der Waals surface area contributed by atoms with Gasteiger partial charge in [0.05, 0.1) is 0 Å². The molecule has 1 amide bonds. The van der Waals surface area contributed by atoms with Crippen molar-refractivity contribution in [2.75, 3.05) is 30.3 Å². The Morgan fingerprint density at radius 3 is 2.38 bits per heavy atom. The number of anilines is 2. The number of aromatic nitrogens is 2. The molecule has 0 aliphatic heterocycles. The van der Waals surface area contributed by atoms with Crippen molar-refractivity contribution in [2.45, 2.75) is 39.5 Å². The predicted molar refractivity (Wildman–Crippen MR) is 84.4 cm³/mol. The zero-order valence-corrected chi connectivity index (χ0v) is 12.9. The lowest BCUT2D eigenvalue weighted by Crippen LogP contribution is -2.30. The van der Waals surface area contributed by atoms with Crippen LogP contribution in [0.5, 0.6) is 0 Å². The van der Waals surface area contributed by atoms with E-state index in [0.29, 0.717) is 13.1 Å². The molecule has 1 aromatic heterocycles. The van der Waals surface area contributed by atoms with Crippen LogP contribution in [0.15, 0.2) is 6.07 Å². The number of amides is 1. The Morgan fingerprint density at radius 2 is 1.81 bits per heavy atom. The molecule has 1 saturated carbocycles. The topological polar surface area (TPSA) is 78.9 Å². The Hall–Kier alpha value is -1.85. The Labute approximate surface area is 126 Å². The number of nitrogens with zero attached hydrogens (tertiary/aromatic N) is 2. The quantitative estimate of drug-likeness (QED) is 0.605. The second-order valence-electron chi connectivity index (χ2n) is 5.33. The summed E-state index contributed by atoms with van der Waals surface area (Å²) in [6, 6.07) is 1.91. The van der Waals surface area contributed by atoms with Gasteiger partial charge in [-0.1, -0.05) is 13.8 Å². The Kier molecular flexibility index (Phi) is 5.78. The van der Waals surface area contributed by atoms with Crippen molar-refractivity contribution < 1.29 is 4.79 Å². The average Bonchev–Trinajstić information content (AvgIpc) is 3.34. The van der Waals surface area contributed by atoms with Crippen LogP contribution in [0, 0.1) is 5.92 Å². The van der Waals surface area contributed by atoms with Crippen LogP contribution in [0.25, 0.3) is 0 Å². The Balaban J connectivity index is 1.81. The molecule has 1 aliphatic carbocycles. The molecule has 116 valence electrons. The van der Waals surface area contributed by atoms with Gasteiger partial charge in [-0.3, -0.25) is 4.79 Å². The minimum absolute atomic E-state index is 0.180.